The largest absolute Gasteiger partial charge is 0.300 e. The highest BCUT2D eigenvalue weighted by atomic mass is 16.1. The number of allylic oxidation sites excluding steroid dienone is 1. The van der Waals surface area contributed by atoms with Crippen LogP contribution in [-0.4, -0.2) is 5.78 Å². The van der Waals surface area contributed by atoms with E-state index in [-0.39, 0.29) is 0 Å². The van der Waals surface area contributed by atoms with Gasteiger partial charge in [0, 0.05) is 12.8 Å². The summed E-state index contributed by atoms with van der Waals surface area (Å²) in [6.45, 7) is 0. The van der Waals surface area contributed by atoms with Crippen molar-refractivity contribution in [2.75, 3.05) is 0 Å². The van der Waals surface area contributed by atoms with Gasteiger partial charge >= 0.3 is 0 Å². The summed E-state index contributed by atoms with van der Waals surface area (Å²) in [5.74, 6) is 0.759. The second kappa shape index (κ2) is 6.53. The van der Waals surface area contributed by atoms with Gasteiger partial charge in [0.25, 0.3) is 0 Å². The molecule has 0 bridgehead atoms. The van der Waals surface area contributed by atoms with Crippen molar-refractivity contribution in [3.63, 3.8) is 0 Å². The lowest BCUT2D eigenvalue weighted by Gasteiger charge is -2.24. The fourth-order valence-corrected chi connectivity index (χ4v) is 3.09. The number of hydrogen-bond acceptors (Lipinski definition) is 1. The van der Waals surface area contributed by atoms with E-state index < -0.39 is 0 Å². The molecule has 21 heavy (non-hydrogen) atoms. The van der Waals surface area contributed by atoms with E-state index >= 15 is 0 Å². The van der Waals surface area contributed by atoms with Crippen LogP contribution in [0.3, 0.4) is 0 Å². The molecule has 3 rings (SSSR count). The fraction of sp³-hybridized carbons (Fsp3) is 0.250. The van der Waals surface area contributed by atoms with E-state index in [1.165, 1.54) is 16.7 Å². The maximum absolute atomic E-state index is 11.8. The number of benzene rings is 2. The Labute approximate surface area is 126 Å². The third-order valence-electron chi connectivity index (χ3n) is 4.15. The van der Waals surface area contributed by atoms with Crippen LogP contribution in [0, 0.1) is 5.92 Å². The van der Waals surface area contributed by atoms with Crippen molar-refractivity contribution >= 4 is 17.4 Å². The van der Waals surface area contributed by atoms with Crippen LogP contribution in [0.25, 0.3) is 11.6 Å². The molecule has 1 fully saturated rings. The summed E-state index contributed by atoms with van der Waals surface area (Å²) < 4.78 is 0. The molecule has 0 radical (unpaired) electrons. The number of ketones is 1. The van der Waals surface area contributed by atoms with Crippen LogP contribution in [0.2, 0.25) is 0 Å². The molecule has 1 heteroatoms. The van der Waals surface area contributed by atoms with Crippen LogP contribution >= 0.6 is 0 Å². The Morgan fingerprint density at radius 1 is 0.952 bits per heavy atom. The van der Waals surface area contributed by atoms with Gasteiger partial charge in [0.1, 0.15) is 5.78 Å². The third-order valence-corrected chi connectivity index (χ3v) is 4.15. The predicted octanol–water partition coefficient (Wildman–Crippen LogP) is 4.99. The van der Waals surface area contributed by atoms with E-state index in [4.69, 9.17) is 0 Å². The van der Waals surface area contributed by atoms with Crippen LogP contribution in [0.5, 0.6) is 0 Å². The number of carbonyl (C=O) groups excluding carboxylic acids is 1. The lowest BCUT2D eigenvalue weighted by Crippen LogP contribution is -2.16. The first kappa shape index (κ1) is 13.8. The summed E-state index contributed by atoms with van der Waals surface area (Å²) in [7, 11) is 0. The Hall–Kier alpha value is -2.15. The van der Waals surface area contributed by atoms with Crippen molar-refractivity contribution in [2.45, 2.75) is 25.7 Å². The average Bonchev–Trinajstić information content (AvgIpc) is 2.54. The predicted molar refractivity (Wildman–Crippen MR) is 87.7 cm³/mol. The van der Waals surface area contributed by atoms with E-state index in [9.17, 15) is 4.79 Å². The second-order valence-electron chi connectivity index (χ2n) is 5.71. The number of carbonyl (C=O) groups is 1. The monoisotopic (exact) mass is 276 g/mol. The van der Waals surface area contributed by atoms with E-state index in [1.54, 1.807) is 0 Å². The summed E-state index contributed by atoms with van der Waals surface area (Å²) in [6.07, 6.45) is 5.82. The van der Waals surface area contributed by atoms with E-state index in [2.05, 4.69) is 54.6 Å². The van der Waals surface area contributed by atoms with Gasteiger partial charge in [-0.05, 0) is 35.5 Å². The van der Waals surface area contributed by atoms with Gasteiger partial charge in [-0.25, -0.2) is 0 Å². The zero-order valence-corrected chi connectivity index (χ0v) is 12.2. The topological polar surface area (TPSA) is 17.1 Å². The van der Waals surface area contributed by atoms with E-state index in [1.807, 2.05) is 12.1 Å². The van der Waals surface area contributed by atoms with Crippen LogP contribution < -0.4 is 0 Å². The zero-order valence-electron chi connectivity index (χ0n) is 12.2. The lowest BCUT2D eigenvalue weighted by molar-refractivity contribution is -0.120. The van der Waals surface area contributed by atoms with Crippen molar-refractivity contribution < 1.29 is 4.79 Å². The van der Waals surface area contributed by atoms with Gasteiger partial charge in [0.15, 0.2) is 0 Å². The van der Waals surface area contributed by atoms with Gasteiger partial charge in [-0.1, -0.05) is 66.7 Å². The molecular weight excluding hydrogens is 256 g/mol. The number of Topliss-reactive ketones (excluding diaryl/α,β-unsaturated/α-hetero) is 1. The summed E-state index contributed by atoms with van der Waals surface area (Å²) in [5.41, 5.74) is 3.74. The average molecular weight is 276 g/mol. The summed E-state index contributed by atoms with van der Waals surface area (Å²) >= 11 is 0. The van der Waals surface area contributed by atoms with E-state index in [0.717, 1.165) is 19.3 Å². The first-order valence-electron chi connectivity index (χ1n) is 7.67. The lowest BCUT2D eigenvalue weighted by atomic mass is 9.79. The van der Waals surface area contributed by atoms with Crippen molar-refractivity contribution in [1.29, 1.82) is 0 Å². The SMILES string of the molecule is O=C1CCC[C@@H](/C(=C\c2ccccc2)c2ccccc2)C1. The van der Waals surface area contributed by atoms with Crippen LogP contribution in [0.15, 0.2) is 60.7 Å². The normalized spacial score (nSPS) is 19.5. The number of rotatable bonds is 3. The van der Waals surface area contributed by atoms with Crippen molar-refractivity contribution in [3.05, 3.63) is 71.8 Å². The number of hydrogen-bond donors (Lipinski definition) is 0. The minimum absolute atomic E-state index is 0.355. The summed E-state index contributed by atoms with van der Waals surface area (Å²) in [4.78, 5) is 11.8. The van der Waals surface area contributed by atoms with Gasteiger partial charge in [0.2, 0.25) is 0 Å². The van der Waals surface area contributed by atoms with Gasteiger partial charge in [-0.3, -0.25) is 4.79 Å². The molecule has 0 aliphatic heterocycles. The molecule has 0 amide bonds. The minimum atomic E-state index is 0.355. The van der Waals surface area contributed by atoms with E-state index in [0.29, 0.717) is 18.1 Å². The fourth-order valence-electron chi connectivity index (χ4n) is 3.09. The van der Waals surface area contributed by atoms with Gasteiger partial charge in [-0.2, -0.15) is 0 Å². The molecule has 1 aliphatic rings. The van der Waals surface area contributed by atoms with Gasteiger partial charge < -0.3 is 0 Å². The zero-order chi connectivity index (χ0) is 14.5. The minimum Gasteiger partial charge on any atom is -0.300 e. The Balaban J connectivity index is 1.99. The molecule has 2 aromatic rings. The molecule has 0 unspecified atom stereocenters. The molecule has 1 nitrogen and oxygen atoms in total. The highest BCUT2D eigenvalue weighted by molar-refractivity contribution is 5.87. The molecule has 0 spiro atoms. The van der Waals surface area contributed by atoms with Crippen molar-refractivity contribution in [3.8, 4) is 0 Å². The summed E-state index contributed by atoms with van der Waals surface area (Å²) in [6, 6.07) is 20.8. The Morgan fingerprint density at radius 3 is 2.29 bits per heavy atom. The Kier molecular flexibility index (Phi) is 4.30. The molecule has 0 heterocycles. The van der Waals surface area contributed by atoms with Crippen LogP contribution in [0.1, 0.15) is 36.8 Å². The molecular formula is C20H20O. The molecule has 0 aromatic heterocycles. The van der Waals surface area contributed by atoms with Crippen molar-refractivity contribution in [2.24, 2.45) is 5.92 Å². The van der Waals surface area contributed by atoms with Crippen molar-refractivity contribution in [1.82, 2.24) is 0 Å². The quantitative estimate of drug-likeness (QED) is 0.722. The third kappa shape index (κ3) is 3.49. The molecule has 0 saturated heterocycles. The first-order chi connectivity index (χ1) is 10.3. The summed E-state index contributed by atoms with van der Waals surface area (Å²) in [5, 5.41) is 0. The van der Waals surface area contributed by atoms with Crippen LogP contribution in [0.4, 0.5) is 0 Å². The highest BCUT2D eigenvalue weighted by Crippen LogP contribution is 2.35. The van der Waals surface area contributed by atoms with Crippen LogP contribution in [-0.2, 0) is 4.79 Å². The smallest absolute Gasteiger partial charge is 0.133 e. The maximum Gasteiger partial charge on any atom is 0.133 e. The molecule has 1 atom stereocenters. The molecule has 106 valence electrons. The molecule has 0 N–H and O–H groups in total. The van der Waals surface area contributed by atoms with Gasteiger partial charge in [0.05, 0.1) is 0 Å². The highest BCUT2D eigenvalue weighted by Gasteiger charge is 2.23. The molecule has 1 saturated carbocycles. The Bertz CT molecular complexity index is 625. The first-order valence-corrected chi connectivity index (χ1v) is 7.67. The van der Waals surface area contributed by atoms with Gasteiger partial charge in [-0.15, -0.1) is 0 Å². The second-order valence-corrected chi connectivity index (χ2v) is 5.71. The standard InChI is InChI=1S/C20H20O/c21-19-13-7-12-18(15-19)20(17-10-5-2-6-11-17)14-16-8-3-1-4-9-16/h1-6,8-11,14,18H,7,12-13,15H2/b20-14-/t18-/m1/s1. The maximum atomic E-state index is 11.8. The molecule has 2 aromatic carbocycles. The molecule has 1 aliphatic carbocycles. The Morgan fingerprint density at radius 2 is 1.62 bits per heavy atom.